The predicted octanol–water partition coefficient (Wildman–Crippen LogP) is -0.598. The van der Waals surface area contributed by atoms with E-state index in [1.165, 1.54) is 6.92 Å². The van der Waals surface area contributed by atoms with Crippen molar-refractivity contribution in [3.8, 4) is 0 Å². The number of carbonyl (C=O) groups excluding carboxylic acids is 1. The summed E-state index contributed by atoms with van der Waals surface area (Å²) in [6, 6.07) is 0. The fourth-order valence-corrected chi connectivity index (χ4v) is 2.14. The van der Waals surface area contributed by atoms with E-state index >= 15 is 0 Å². The molecule has 0 unspecified atom stereocenters. The largest absolute Gasteiger partial charge is 0.377 e. The van der Waals surface area contributed by atoms with Crippen molar-refractivity contribution in [1.29, 1.82) is 0 Å². The molecule has 1 N–H and O–H groups in total. The first kappa shape index (κ1) is 9.45. The van der Waals surface area contributed by atoms with Crippen LogP contribution in [0.4, 0.5) is 0 Å². The Labute approximate surface area is 81.6 Å². The van der Waals surface area contributed by atoms with Gasteiger partial charge in [-0.05, 0) is 6.92 Å². The van der Waals surface area contributed by atoms with Crippen LogP contribution < -0.4 is 0 Å². The molecule has 2 aliphatic heterocycles. The molecule has 0 aliphatic carbocycles. The topological polar surface area (TPSA) is 55.8 Å². The van der Waals surface area contributed by atoms with Crippen LogP contribution in [0, 0.1) is 0 Å². The molecular formula is C8H12O4S. The Balaban J connectivity index is 2.23. The molecule has 4 atom stereocenters. The van der Waals surface area contributed by atoms with Gasteiger partial charge in [-0.15, -0.1) is 0 Å². The zero-order chi connectivity index (χ0) is 9.64. The van der Waals surface area contributed by atoms with E-state index in [1.54, 1.807) is 0 Å². The Morgan fingerprint density at radius 2 is 2.31 bits per heavy atom. The van der Waals surface area contributed by atoms with Crippen LogP contribution in [0.5, 0.6) is 0 Å². The van der Waals surface area contributed by atoms with Crippen LogP contribution in [-0.2, 0) is 14.3 Å². The fraction of sp³-hybridized carbons (Fsp3) is 0.875. The van der Waals surface area contributed by atoms with Crippen LogP contribution in [-0.4, -0.2) is 47.2 Å². The van der Waals surface area contributed by atoms with Crippen molar-refractivity contribution < 1.29 is 19.4 Å². The number of rotatable bonds is 1. The summed E-state index contributed by atoms with van der Waals surface area (Å²) in [5.74, 6) is -0.303. The lowest BCUT2D eigenvalue weighted by Crippen LogP contribution is -2.49. The van der Waals surface area contributed by atoms with Gasteiger partial charge in [0.1, 0.15) is 12.2 Å². The number of fused-ring (bicyclic) bond motifs is 1. The van der Waals surface area contributed by atoms with Crippen molar-refractivity contribution in [2.24, 2.45) is 0 Å². The number of thiol groups is 1. The average Bonchev–Trinajstić information content (AvgIpc) is 2.57. The molecule has 2 rings (SSSR count). The van der Waals surface area contributed by atoms with E-state index in [2.05, 4.69) is 12.6 Å². The lowest BCUT2D eigenvalue weighted by atomic mass is 9.93. The lowest BCUT2D eigenvalue weighted by Gasteiger charge is -2.23. The van der Waals surface area contributed by atoms with Gasteiger partial charge in [0.25, 0.3) is 0 Å². The highest BCUT2D eigenvalue weighted by Crippen LogP contribution is 2.36. The lowest BCUT2D eigenvalue weighted by molar-refractivity contribution is -0.145. The summed E-state index contributed by atoms with van der Waals surface area (Å²) >= 11 is 4.24. The number of ether oxygens (including phenoxy) is 2. The summed E-state index contributed by atoms with van der Waals surface area (Å²) in [5.41, 5.74) is -1.46. The van der Waals surface area contributed by atoms with Gasteiger partial charge in [0, 0.05) is 0 Å². The first-order valence-electron chi connectivity index (χ1n) is 4.20. The molecule has 4 nitrogen and oxygen atoms in total. The molecule has 0 saturated carbocycles. The van der Waals surface area contributed by atoms with Gasteiger partial charge in [0.05, 0.1) is 18.5 Å². The van der Waals surface area contributed by atoms with E-state index in [-0.39, 0.29) is 23.7 Å². The summed E-state index contributed by atoms with van der Waals surface area (Å²) in [4.78, 5) is 11.2. The van der Waals surface area contributed by atoms with Crippen molar-refractivity contribution in [3.63, 3.8) is 0 Å². The number of Topliss-reactive ketones (excluding diaryl/α,β-unsaturated/α-hetero) is 1. The fourth-order valence-electron chi connectivity index (χ4n) is 1.81. The first-order valence-corrected chi connectivity index (χ1v) is 4.72. The SMILES string of the molecule is CC(=O)[C@@]1(O)CO[C@@H]2[C@@H](S)CO[C@@H]21. The van der Waals surface area contributed by atoms with E-state index in [4.69, 9.17) is 9.47 Å². The van der Waals surface area contributed by atoms with Gasteiger partial charge in [0.2, 0.25) is 0 Å². The second-order valence-corrected chi connectivity index (χ2v) is 4.24. The van der Waals surface area contributed by atoms with Gasteiger partial charge in [-0.2, -0.15) is 12.6 Å². The molecule has 2 saturated heterocycles. The maximum atomic E-state index is 11.2. The molecule has 2 fully saturated rings. The summed E-state index contributed by atoms with van der Waals surface area (Å²) in [7, 11) is 0. The summed E-state index contributed by atoms with van der Waals surface area (Å²) in [6.45, 7) is 1.80. The van der Waals surface area contributed by atoms with Gasteiger partial charge in [0.15, 0.2) is 11.4 Å². The van der Waals surface area contributed by atoms with E-state index in [9.17, 15) is 9.90 Å². The Hall–Kier alpha value is -0.100. The highest BCUT2D eigenvalue weighted by atomic mass is 32.1. The molecule has 2 aliphatic rings. The molecule has 2 heterocycles. The van der Waals surface area contributed by atoms with Gasteiger partial charge in [-0.3, -0.25) is 4.79 Å². The third-order valence-corrected chi connectivity index (χ3v) is 3.14. The minimum absolute atomic E-state index is 0.0225. The molecule has 0 aromatic carbocycles. The van der Waals surface area contributed by atoms with Crippen LogP contribution in [0.1, 0.15) is 6.92 Å². The predicted molar refractivity (Wildman–Crippen MR) is 47.9 cm³/mol. The highest BCUT2D eigenvalue weighted by molar-refractivity contribution is 7.81. The van der Waals surface area contributed by atoms with Gasteiger partial charge >= 0.3 is 0 Å². The minimum Gasteiger partial charge on any atom is -0.377 e. The van der Waals surface area contributed by atoms with E-state index in [1.807, 2.05) is 0 Å². The van der Waals surface area contributed by atoms with Gasteiger partial charge in [-0.1, -0.05) is 0 Å². The van der Waals surface area contributed by atoms with Crippen molar-refractivity contribution >= 4 is 18.4 Å². The maximum Gasteiger partial charge on any atom is 0.174 e. The smallest absolute Gasteiger partial charge is 0.174 e. The standard InChI is InChI=1S/C8H12O4S/c1-4(9)8(10)3-12-6-5(13)2-11-7(6)8/h5-7,10,13H,2-3H2,1H3/t5-,6+,7-,8-/m0/s1. The van der Waals surface area contributed by atoms with E-state index in [0.717, 1.165) is 0 Å². The Morgan fingerprint density at radius 3 is 2.92 bits per heavy atom. The molecule has 0 spiro atoms. The van der Waals surface area contributed by atoms with E-state index in [0.29, 0.717) is 6.61 Å². The van der Waals surface area contributed by atoms with Crippen LogP contribution in [0.25, 0.3) is 0 Å². The molecule has 13 heavy (non-hydrogen) atoms. The van der Waals surface area contributed by atoms with Crippen molar-refractivity contribution in [2.75, 3.05) is 13.2 Å². The van der Waals surface area contributed by atoms with Crippen LogP contribution >= 0.6 is 12.6 Å². The number of hydrogen-bond acceptors (Lipinski definition) is 5. The third kappa shape index (κ3) is 1.22. The molecule has 0 aromatic heterocycles. The van der Waals surface area contributed by atoms with Crippen molar-refractivity contribution in [3.05, 3.63) is 0 Å². The molecule has 0 aromatic rings. The van der Waals surface area contributed by atoms with Crippen LogP contribution in [0.2, 0.25) is 0 Å². The second kappa shape index (κ2) is 2.95. The Kier molecular flexibility index (Phi) is 2.14. The minimum atomic E-state index is -1.46. The first-order chi connectivity index (χ1) is 6.05. The zero-order valence-electron chi connectivity index (χ0n) is 7.27. The number of hydrogen-bond donors (Lipinski definition) is 2. The second-order valence-electron chi connectivity index (χ2n) is 3.58. The third-order valence-electron chi connectivity index (χ3n) is 2.70. The average molecular weight is 204 g/mol. The van der Waals surface area contributed by atoms with E-state index < -0.39 is 11.7 Å². The Bertz CT molecular complexity index is 244. The zero-order valence-corrected chi connectivity index (χ0v) is 8.16. The normalized spacial score (nSPS) is 49.3. The molecule has 74 valence electrons. The Morgan fingerprint density at radius 1 is 1.62 bits per heavy atom. The molecule has 0 radical (unpaired) electrons. The van der Waals surface area contributed by atoms with Crippen LogP contribution in [0.15, 0.2) is 0 Å². The van der Waals surface area contributed by atoms with Crippen LogP contribution in [0.3, 0.4) is 0 Å². The number of ketones is 1. The highest BCUT2D eigenvalue weighted by Gasteiger charge is 2.57. The van der Waals surface area contributed by atoms with Gasteiger partial charge < -0.3 is 14.6 Å². The molecule has 5 heteroatoms. The maximum absolute atomic E-state index is 11.2. The molecule has 0 amide bonds. The molecule has 0 bridgehead atoms. The summed E-state index contributed by atoms with van der Waals surface area (Å²) in [5, 5.41) is 9.88. The van der Waals surface area contributed by atoms with Crippen molar-refractivity contribution in [1.82, 2.24) is 0 Å². The monoisotopic (exact) mass is 204 g/mol. The molecular weight excluding hydrogens is 192 g/mol. The number of aliphatic hydroxyl groups is 1. The number of carbonyl (C=O) groups is 1. The van der Waals surface area contributed by atoms with Gasteiger partial charge in [-0.25, -0.2) is 0 Å². The van der Waals surface area contributed by atoms with Crippen molar-refractivity contribution in [2.45, 2.75) is 30.0 Å². The summed E-state index contributed by atoms with van der Waals surface area (Å²) in [6.07, 6.45) is -0.787. The quantitative estimate of drug-likeness (QED) is 0.560. The summed E-state index contributed by atoms with van der Waals surface area (Å²) < 4.78 is 10.6.